The predicted molar refractivity (Wildman–Crippen MR) is 130 cm³/mol. The highest BCUT2D eigenvalue weighted by atomic mass is 16.5. The number of hydrogen-bond donors (Lipinski definition) is 2. The highest BCUT2D eigenvalue weighted by molar-refractivity contribution is 5.79. The summed E-state index contributed by atoms with van der Waals surface area (Å²) in [6, 6.07) is 6.49. The van der Waals surface area contributed by atoms with Crippen molar-refractivity contribution < 1.29 is 14.6 Å². The van der Waals surface area contributed by atoms with E-state index in [1.807, 2.05) is 6.07 Å². The molecule has 1 aliphatic heterocycles. The molecule has 32 heavy (non-hydrogen) atoms. The summed E-state index contributed by atoms with van der Waals surface area (Å²) in [5, 5.41) is 14.1. The second kappa shape index (κ2) is 12.0. The van der Waals surface area contributed by atoms with Crippen LogP contribution in [0.4, 0.5) is 0 Å². The number of amides is 1. The first-order valence-corrected chi connectivity index (χ1v) is 12.9. The molecule has 2 aliphatic rings. The zero-order valence-electron chi connectivity index (χ0n) is 20.5. The van der Waals surface area contributed by atoms with Crippen molar-refractivity contribution in [2.24, 2.45) is 5.92 Å². The Morgan fingerprint density at radius 1 is 1.25 bits per heavy atom. The molecule has 1 heterocycles. The van der Waals surface area contributed by atoms with Gasteiger partial charge in [0.25, 0.3) is 0 Å². The number of unbranched alkanes of at least 4 members (excludes halogenated alkanes) is 2. The van der Waals surface area contributed by atoms with E-state index < -0.39 is 5.60 Å². The molecule has 2 unspecified atom stereocenters. The number of nitrogens with zero attached hydrogens (tertiary/aromatic N) is 1. The number of fused-ring (bicyclic) bond motifs is 1. The van der Waals surface area contributed by atoms with Gasteiger partial charge >= 0.3 is 0 Å². The highest BCUT2D eigenvalue weighted by Gasteiger charge is 2.36. The number of carbonyl (C=O) groups is 1. The maximum Gasteiger partial charge on any atom is 0.237 e. The Bertz CT molecular complexity index is 730. The summed E-state index contributed by atoms with van der Waals surface area (Å²) < 4.78 is 5.46. The summed E-state index contributed by atoms with van der Waals surface area (Å²) in [6.07, 6.45) is 11.8. The van der Waals surface area contributed by atoms with E-state index in [1.54, 1.807) is 7.11 Å². The van der Waals surface area contributed by atoms with Gasteiger partial charge in [-0.15, -0.1) is 0 Å². The third-order valence-electron chi connectivity index (χ3n) is 7.61. The average Bonchev–Trinajstić information content (AvgIpc) is 2.81. The summed E-state index contributed by atoms with van der Waals surface area (Å²) in [7, 11) is 1.71. The normalized spacial score (nSPS) is 21.1. The third kappa shape index (κ3) is 6.26. The molecule has 3 rings (SSSR count). The van der Waals surface area contributed by atoms with Gasteiger partial charge in [0.15, 0.2) is 0 Å². The van der Waals surface area contributed by atoms with Gasteiger partial charge in [-0.1, -0.05) is 64.9 Å². The van der Waals surface area contributed by atoms with E-state index in [9.17, 15) is 9.90 Å². The Balaban J connectivity index is 1.73. The standard InChI is InChI=1S/C27H44N2O3/c1-4-6-8-11-21(5-2)26-24-13-12-23(32-3)18-22(24)14-17-29(26)25(30)19-28-20-27(31)15-9-7-10-16-27/h12-13,18,21,26,28,31H,4-11,14-17,19-20H2,1-3H3. The maximum absolute atomic E-state index is 13.4. The second-order valence-electron chi connectivity index (χ2n) is 9.90. The van der Waals surface area contributed by atoms with Crippen LogP contribution >= 0.6 is 0 Å². The van der Waals surface area contributed by atoms with Crippen molar-refractivity contribution in [3.63, 3.8) is 0 Å². The topological polar surface area (TPSA) is 61.8 Å². The number of rotatable bonds is 11. The van der Waals surface area contributed by atoms with Crippen molar-refractivity contribution in [3.8, 4) is 5.75 Å². The average molecular weight is 445 g/mol. The molecule has 0 radical (unpaired) electrons. The van der Waals surface area contributed by atoms with E-state index in [0.29, 0.717) is 19.0 Å². The van der Waals surface area contributed by atoms with Gasteiger partial charge in [-0.05, 0) is 54.9 Å². The van der Waals surface area contributed by atoms with Crippen molar-refractivity contribution in [2.75, 3.05) is 26.7 Å². The van der Waals surface area contributed by atoms with Gasteiger partial charge in [0.05, 0.1) is 25.3 Å². The molecule has 0 bridgehead atoms. The van der Waals surface area contributed by atoms with Crippen molar-refractivity contribution in [2.45, 2.75) is 96.1 Å². The van der Waals surface area contributed by atoms with Gasteiger partial charge in [0.2, 0.25) is 5.91 Å². The fraction of sp³-hybridized carbons (Fsp3) is 0.741. The minimum atomic E-state index is -0.644. The van der Waals surface area contributed by atoms with Crippen molar-refractivity contribution in [1.29, 1.82) is 0 Å². The largest absolute Gasteiger partial charge is 0.497 e. The lowest BCUT2D eigenvalue weighted by Gasteiger charge is -2.42. The van der Waals surface area contributed by atoms with Crippen molar-refractivity contribution >= 4 is 5.91 Å². The highest BCUT2D eigenvalue weighted by Crippen LogP contribution is 2.40. The Morgan fingerprint density at radius 2 is 2.03 bits per heavy atom. The van der Waals surface area contributed by atoms with Crippen molar-refractivity contribution in [1.82, 2.24) is 10.2 Å². The number of hydrogen-bond acceptors (Lipinski definition) is 4. The van der Waals surface area contributed by atoms with Crippen LogP contribution < -0.4 is 10.1 Å². The number of nitrogens with one attached hydrogen (secondary N) is 1. The third-order valence-corrected chi connectivity index (χ3v) is 7.61. The van der Waals surface area contributed by atoms with Crippen LogP contribution in [0.3, 0.4) is 0 Å². The van der Waals surface area contributed by atoms with E-state index in [2.05, 4.69) is 36.2 Å². The number of ether oxygens (including phenoxy) is 1. The lowest BCUT2D eigenvalue weighted by molar-refractivity contribution is -0.134. The molecule has 1 saturated carbocycles. The zero-order chi connectivity index (χ0) is 23.0. The molecule has 2 atom stereocenters. The Kier molecular flexibility index (Phi) is 9.42. The fourth-order valence-electron chi connectivity index (χ4n) is 5.68. The summed E-state index contributed by atoms with van der Waals surface area (Å²) >= 11 is 0. The maximum atomic E-state index is 13.4. The molecule has 0 spiro atoms. The van der Waals surface area contributed by atoms with Gasteiger partial charge in [-0.3, -0.25) is 4.79 Å². The smallest absolute Gasteiger partial charge is 0.237 e. The lowest BCUT2D eigenvalue weighted by Crippen LogP contribution is -2.49. The fourth-order valence-corrected chi connectivity index (χ4v) is 5.68. The monoisotopic (exact) mass is 444 g/mol. The first-order chi connectivity index (χ1) is 15.5. The van der Waals surface area contributed by atoms with E-state index >= 15 is 0 Å². The summed E-state index contributed by atoms with van der Waals surface area (Å²) in [6.45, 7) is 6.06. The van der Waals surface area contributed by atoms with Gasteiger partial charge in [-0.2, -0.15) is 0 Å². The molecule has 1 fully saturated rings. The molecular weight excluding hydrogens is 400 g/mol. The van der Waals surface area contributed by atoms with Crippen LogP contribution in [0, 0.1) is 5.92 Å². The molecule has 0 aromatic heterocycles. The number of carbonyl (C=O) groups excluding carboxylic acids is 1. The van der Waals surface area contributed by atoms with Crippen LogP contribution in [-0.2, 0) is 11.2 Å². The molecule has 1 amide bonds. The first-order valence-electron chi connectivity index (χ1n) is 12.9. The van der Waals surface area contributed by atoms with E-state index in [0.717, 1.165) is 57.2 Å². The summed E-state index contributed by atoms with van der Waals surface area (Å²) in [4.78, 5) is 15.5. The van der Waals surface area contributed by atoms with E-state index in [1.165, 1.54) is 36.8 Å². The minimum Gasteiger partial charge on any atom is -0.497 e. The Hall–Kier alpha value is -1.59. The number of methoxy groups -OCH3 is 1. The predicted octanol–water partition coefficient (Wildman–Crippen LogP) is 5.01. The van der Waals surface area contributed by atoms with Crippen molar-refractivity contribution in [3.05, 3.63) is 29.3 Å². The lowest BCUT2D eigenvalue weighted by atomic mass is 9.80. The number of benzene rings is 1. The van der Waals surface area contributed by atoms with Crippen LogP contribution in [0.15, 0.2) is 18.2 Å². The SMILES string of the molecule is CCCCCC(CC)C1c2ccc(OC)cc2CCN1C(=O)CNCC1(O)CCCCC1. The van der Waals surface area contributed by atoms with Crippen LogP contribution in [0.25, 0.3) is 0 Å². The first kappa shape index (κ1) is 25.0. The summed E-state index contributed by atoms with van der Waals surface area (Å²) in [5.41, 5.74) is 1.96. The number of aliphatic hydroxyl groups is 1. The van der Waals surface area contributed by atoms with Gasteiger partial charge < -0.3 is 20.1 Å². The Morgan fingerprint density at radius 3 is 2.72 bits per heavy atom. The molecule has 5 nitrogen and oxygen atoms in total. The van der Waals surface area contributed by atoms with E-state index in [-0.39, 0.29) is 11.9 Å². The quantitative estimate of drug-likeness (QED) is 0.471. The molecule has 1 aliphatic carbocycles. The van der Waals surface area contributed by atoms with E-state index in [4.69, 9.17) is 4.74 Å². The van der Waals surface area contributed by atoms with Crippen LogP contribution in [0.1, 0.15) is 95.2 Å². The summed E-state index contributed by atoms with van der Waals surface area (Å²) in [5.74, 6) is 1.51. The zero-order valence-corrected chi connectivity index (χ0v) is 20.5. The molecule has 5 heteroatoms. The van der Waals surface area contributed by atoms with Crippen LogP contribution in [0.2, 0.25) is 0 Å². The molecule has 1 aromatic rings. The second-order valence-corrected chi connectivity index (χ2v) is 9.90. The van der Waals surface area contributed by atoms with Crippen LogP contribution in [-0.4, -0.2) is 48.3 Å². The molecule has 2 N–H and O–H groups in total. The molecule has 1 aromatic carbocycles. The van der Waals surface area contributed by atoms with Gasteiger partial charge in [-0.25, -0.2) is 0 Å². The minimum absolute atomic E-state index is 0.124. The molecular formula is C27H44N2O3. The molecule has 180 valence electrons. The Labute approximate surface area is 194 Å². The molecule has 0 saturated heterocycles. The van der Waals surface area contributed by atoms with Gasteiger partial charge in [0, 0.05) is 13.1 Å². The van der Waals surface area contributed by atoms with Gasteiger partial charge in [0.1, 0.15) is 5.75 Å². The van der Waals surface area contributed by atoms with Crippen LogP contribution in [0.5, 0.6) is 5.75 Å².